The van der Waals surface area contributed by atoms with E-state index < -0.39 is 0 Å². The van der Waals surface area contributed by atoms with Crippen LogP contribution in [0.5, 0.6) is 0 Å². The van der Waals surface area contributed by atoms with Gasteiger partial charge < -0.3 is 19.7 Å². The van der Waals surface area contributed by atoms with E-state index in [0.717, 1.165) is 52.9 Å². The minimum absolute atomic E-state index is 0.113. The minimum atomic E-state index is 0.113. The van der Waals surface area contributed by atoms with Gasteiger partial charge in [0.2, 0.25) is 6.41 Å². The van der Waals surface area contributed by atoms with Crippen molar-refractivity contribution in [1.82, 2.24) is 9.47 Å². The van der Waals surface area contributed by atoms with Crippen LogP contribution in [0.3, 0.4) is 0 Å². The fourth-order valence-electron chi connectivity index (χ4n) is 4.38. The third-order valence-corrected chi connectivity index (χ3v) is 6.88. The van der Waals surface area contributed by atoms with E-state index in [1.54, 1.807) is 0 Å². The standard InChI is InChI=1S/C24H24N4O2S/c29-16-25-19-7-4-8-20(13-19)26-9-11-27(12-10-26)24(30)22-14-21-15-31-17-28(21)23(22)18-5-2-1-3-6-18/h1-8,13-14,16H,9-12,15,17H2,(H,25,29). The molecule has 5 rings (SSSR count). The lowest BCUT2D eigenvalue weighted by atomic mass is 10.1. The summed E-state index contributed by atoms with van der Waals surface area (Å²) in [5.74, 6) is 1.96. The summed E-state index contributed by atoms with van der Waals surface area (Å²) in [6, 6.07) is 20.1. The summed E-state index contributed by atoms with van der Waals surface area (Å²) in [5.41, 5.74) is 6.01. The molecule has 2 aliphatic heterocycles. The van der Waals surface area contributed by atoms with Gasteiger partial charge in [-0.3, -0.25) is 9.59 Å². The molecule has 1 fully saturated rings. The maximum absolute atomic E-state index is 13.5. The van der Waals surface area contributed by atoms with E-state index in [1.165, 1.54) is 5.69 Å². The highest BCUT2D eigenvalue weighted by molar-refractivity contribution is 7.97. The number of benzene rings is 2. The van der Waals surface area contributed by atoms with Gasteiger partial charge in [-0.1, -0.05) is 36.4 Å². The van der Waals surface area contributed by atoms with Crippen molar-refractivity contribution in [2.24, 2.45) is 0 Å². The lowest BCUT2D eigenvalue weighted by molar-refractivity contribution is -0.105. The molecule has 3 heterocycles. The van der Waals surface area contributed by atoms with Gasteiger partial charge in [0.15, 0.2) is 0 Å². The van der Waals surface area contributed by atoms with Crippen LogP contribution in [0, 0.1) is 0 Å². The van der Waals surface area contributed by atoms with Gasteiger partial charge >= 0.3 is 0 Å². The molecule has 1 saturated heterocycles. The Morgan fingerprint density at radius 1 is 0.968 bits per heavy atom. The third-order valence-electron chi connectivity index (χ3n) is 5.93. The minimum Gasteiger partial charge on any atom is -0.368 e. The molecule has 0 radical (unpaired) electrons. The van der Waals surface area contributed by atoms with Crippen LogP contribution in [0.2, 0.25) is 0 Å². The number of hydrogen-bond acceptors (Lipinski definition) is 4. The number of carbonyl (C=O) groups excluding carboxylic acids is 2. The first-order chi connectivity index (χ1) is 15.2. The van der Waals surface area contributed by atoms with Gasteiger partial charge in [0.1, 0.15) is 0 Å². The fourth-order valence-corrected chi connectivity index (χ4v) is 5.40. The molecule has 0 unspecified atom stereocenters. The Labute approximate surface area is 185 Å². The van der Waals surface area contributed by atoms with Crippen LogP contribution in [0.15, 0.2) is 60.7 Å². The summed E-state index contributed by atoms with van der Waals surface area (Å²) in [5, 5.41) is 2.70. The Hall–Kier alpha value is -3.19. The predicted octanol–water partition coefficient (Wildman–Crippen LogP) is 3.89. The van der Waals surface area contributed by atoms with Crippen molar-refractivity contribution < 1.29 is 9.59 Å². The van der Waals surface area contributed by atoms with Gasteiger partial charge in [-0.2, -0.15) is 0 Å². The molecular formula is C24H24N4O2S. The average molecular weight is 433 g/mol. The Bertz CT molecular complexity index is 1100. The summed E-state index contributed by atoms with van der Waals surface area (Å²) in [7, 11) is 0. The maximum Gasteiger partial charge on any atom is 0.256 e. The molecule has 0 aliphatic carbocycles. The van der Waals surface area contributed by atoms with E-state index in [1.807, 2.05) is 59.1 Å². The van der Waals surface area contributed by atoms with Gasteiger partial charge in [-0.25, -0.2) is 0 Å². The highest BCUT2D eigenvalue weighted by atomic mass is 32.2. The zero-order valence-electron chi connectivity index (χ0n) is 17.2. The molecule has 7 heteroatoms. The third kappa shape index (κ3) is 3.81. The Balaban J connectivity index is 1.35. The molecule has 0 spiro atoms. The molecule has 2 aliphatic rings. The van der Waals surface area contributed by atoms with E-state index in [9.17, 15) is 9.59 Å². The molecule has 3 aromatic rings. The number of thioether (sulfide) groups is 1. The van der Waals surface area contributed by atoms with Gasteiger partial charge in [-0.05, 0) is 29.8 Å². The molecule has 0 saturated carbocycles. The lowest BCUT2D eigenvalue weighted by Gasteiger charge is -2.36. The molecule has 6 nitrogen and oxygen atoms in total. The highest BCUT2D eigenvalue weighted by Crippen LogP contribution is 2.36. The summed E-state index contributed by atoms with van der Waals surface area (Å²) >= 11 is 1.88. The molecule has 158 valence electrons. The number of amides is 2. The number of carbonyl (C=O) groups is 2. The molecule has 0 atom stereocenters. The highest BCUT2D eigenvalue weighted by Gasteiger charge is 2.29. The zero-order valence-corrected chi connectivity index (χ0v) is 18.0. The van der Waals surface area contributed by atoms with E-state index >= 15 is 0 Å². The number of piperazine rings is 1. The first kappa shape index (κ1) is 19.8. The van der Waals surface area contributed by atoms with E-state index in [4.69, 9.17) is 0 Å². The summed E-state index contributed by atoms with van der Waals surface area (Å²) in [6.45, 7) is 2.88. The van der Waals surface area contributed by atoms with E-state index in [2.05, 4.69) is 33.0 Å². The SMILES string of the molecule is O=CNc1cccc(N2CCN(C(=O)c3cc4n(c3-c3ccccc3)CSC4)CC2)c1. The maximum atomic E-state index is 13.5. The Kier molecular flexibility index (Phi) is 5.42. The van der Waals surface area contributed by atoms with Crippen molar-refractivity contribution >= 4 is 35.5 Å². The van der Waals surface area contributed by atoms with Crippen LogP contribution in [0.25, 0.3) is 11.3 Å². The Morgan fingerprint density at radius 3 is 2.55 bits per heavy atom. The molecule has 1 aromatic heterocycles. The predicted molar refractivity (Wildman–Crippen MR) is 125 cm³/mol. The van der Waals surface area contributed by atoms with Crippen LogP contribution in [0.4, 0.5) is 11.4 Å². The van der Waals surface area contributed by atoms with Crippen molar-refractivity contribution in [1.29, 1.82) is 0 Å². The molecule has 1 N–H and O–H groups in total. The van der Waals surface area contributed by atoms with Gasteiger partial charge in [-0.15, -0.1) is 11.8 Å². The number of anilines is 2. The van der Waals surface area contributed by atoms with Crippen LogP contribution < -0.4 is 10.2 Å². The summed E-state index contributed by atoms with van der Waals surface area (Å²) < 4.78 is 2.29. The Morgan fingerprint density at radius 2 is 1.77 bits per heavy atom. The number of aromatic nitrogens is 1. The summed E-state index contributed by atoms with van der Waals surface area (Å²) in [6.07, 6.45) is 0.688. The second-order valence-electron chi connectivity index (χ2n) is 7.76. The number of nitrogens with one attached hydrogen (secondary N) is 1. The quantitative estimate of drug-likeness (QED) is 0.622. The number of fused-ring (bicyclic) bond motifs is 1. The monoisotopic (exact) mass is 432 g/mol. The average Bonchev–Trinajstić information content (AvgIpc) is 3.41. The van der Waals surface area contributed by atoms with Crippen molar-refractivity contribution in [2.45, 2.75) is 11.6 Å². The fraction of sp³-hybridized carbons (Fsp3) is 0.250. The number of hydrogen-bond donors (Lipinski definition) is 1. The second kappa shape index (κ2) is 8.51. The van der Waals surface area contributed by atoms with Crippen molar-refractivity contribution in [3.63, 3.8) is 0 Å². The molecular weight excluding hydrogens is 408 g/mol. The van der Waals surface area contributed by atoms with Crippen molar-refractivity contribution in [2.75, 3.05) is 36.4 Å². The number of rotatable bonds is 5. The molecule has 0 bridgehead atoms. The van der Waals surface area contributed by atoms with Crippen LogP contribution in [-0.2, 0) is 16.4 Å². The lowest BCUT2D eigenvalue weighted by Crippen LogP contribution is -2.48. The van der Waals surface area contributed by atoms with Crippen molar-refractivity contribution in [3.8, 4) is 11.3 Å². The van der Waals surface area contributed by atoms with Gasteiger partial charge in [0.05, 0.1) is 17.1 Å². The van der Waals surface area contributed by atoms with Crippen LogP contribution >= 0.6 is 11.8 Å². The topological polar surface area (TPSA) is 57.6 Å². The first-order valence-corrected chi connectivity index (χ1v) is 11.6. The zero-order chi connectivity index (χ0) is 21.2. The molecule has 2 amide bonds. The molecule has 2 aromatic carbocycles. The van der Waals surface area contributed by atoms with Crippen LogP contribution in [-0.4, -0.2) is 48.0 Å². The summed E-state index contributed by atoms with van der Waals surface area (Å²) in [4.78, 5) is 28.5. The van der Waals surface area contributed by atoms with Gasteiger partial charge in [0, 0.05) is 49.0 Å². The van der Waals surface area contributed by atoms with Gasteiger partial charge in [0.25, 0.3) is 5.91 Å². The normalized spacial score (nSPS) is 15.6. The van der Waals surface area contributed by atoms with E-state index in [0.29, 0.717) is 19.5 Å². The molecule has 31 heavy (non-hydrogen) atoms. The largest absolute Gasteiger partial charge is 0.368 e. The smallest absolute Gasteiger partial charge is 0.256 e. The van der Waals surface area contributed by atoms with Crippen LogP contribution in [0.1, 0.15) is 16.1 Å². The number of nitrogens with zero attached hydrogens (tertiary/aromatic N) is 3. The van der Waals surface area contributed by atoms with Crippen molar-refractivity contribution in [3.05, 3.63) is 71.9 Å². The second-order valence-corrected chi connectivity index (χ2v) is 8.72. The van der Waals surface area contributed by atoms with E-state index in [-0.39, 0.29) is 5.91 Å². The first-order valence-electron chi connectivity index (χ1n) is 10.4.